The minimum atomic E-state index is -0.951. The van der Waals surface area contributed by atoms with Gasteiger partial charge in [-0.3, -0.25) is 14.4 Å². The van der Waals surface area contributed by atoms with Gasteiger partial charge in [0.25, 0.3) is 5.91 Å². The fraction of sp³-hybridized carbons (Fsp3) is 0.500. The lowest BCUT2D eigenvalue weighted by molar-refractivity contribution is -0.142. The number of carbonyl (C=O) groups is 3. The van der Waals surface area contributed by atoms with Crippen molar-refractivity contribution in [1.29, 1.82) is 0 Å². The van der Waals surface area contributed by atoms with E-state index >= 15 is 0 Å². The standard InChI is InChI=1S/C30H35N3O5/c34-27(13-14-28(35)36)32(21-11-12-21)29-23-7-1-2-9-25(23)33(26-10-4-8-24(26)29)30(37)20-5-3-6-22(19-20)31-15-17-38-18-16-31/h1-3,5-7,9,19,21,24,26,29H,4,8,10-18H2,(H,35,36)/t24-,26+,29-/m0/s1. The van der Waals surface area contributed by atoms with Gasteiger partial charge >= 0.3 is 5.97 Å². The average molecular weight is 518 g/mol. The maximum Gasteiger partial charge on any atom is 0.303 e. The van der Waals surface area contributed by atoms with Crippen molar-refractivity contribution in [2.45, 2.75) is 63.1 Å². The number of para-hydroxylation sites is 1. The van der Waals surface area contributed by atoms with Crippen LogP contribution in [0.1, 0.15) is 66.9 Å². The number of hydrogen-bond donors (Lipinski definition) is 1. The Morgan fingerprint density at radius 2 is 1.74 bits per heavy atom. The number of fused-ring (bicyclic) bond motifs is 2. The Morgan fingerprint density at radius 3 is 2.50 bits per heavy atom. The zero-order valence-corrected chi connectivity index (χ0v) is 21.6. The van der Waals surface area contributed by atoms with Crippen LogP contribution in [0, 0.1) is 5.92 Å². The molecule has 2 heterocycles. The van der Waals surface area contributed by atoms with Crippen LogP contribution in [-0.2, 0) is 14.3 Å². The van der Waals surface area contributed by atoms with Gasteiger partial charge in [-0.05, 0) is 55.5 Å². The van der Waals surface area contributed by atoms with Crippen molar-refractivity contribution in [3.63, 3.8) is 0 Å². The number of hydrogen-bond acceptors (Lipinski definition) is 5. The minimum absolute atomic E-state index is 0.00177. The van der Waals surface area contributed by atoms with Gasteiger partial charge in [0.2, 0.25) is 5.91 Å². The van der Waals surface area contributed by atoms with Gasteiger partial charge in [-0.2, -0.15) is 0 Å². The van der Waals surface area contributed by atoms with E-state index in [1.807, 2.05) is 46.2 Å². The van der Waals surface area contributed by atoms with Crippen LogP contribution in [0.25, 0.3) is 0 Å². The summed E-state index contributed by atoms with van der Waals surface area (Å²) in [6.45, 7) is 2.99. The highest BCUT2D eigenvalue weighted by molar-refractivity contribution is 6.08. The number of amides is 2. The first-order valence-corrected chi connectivity index (χ1v) is 13.9. The second-order valence-electron chi connectivity index (χ2n) is 10.9. The third kappa shape index (κ3) is 4.66. The number of aliphatic carboxylic acids is 1. The number of carboxylic acids is 1. The smallest absolute Gasteiger partial charge is 0.303 e. The fourth-order valence-corrected chi connectivity index (χ4v) is 6.72. The highest BCUT2D eigenvalue weighted by Crippen LogP contribution is 2.53. The van der Waals surface area contributed by atoms with E-state index in [9.17, 15) is 19.5 Å². The van der Waals surface area contributed by atoms with Crippen molar-refractivity contribution in [2.24, 2.45) is 5.92 Å². The number of carbonyl (C=O) groups excluding carboxylic acids is 2. The van der Waals surface area contributed by atoms with Crippen LogP contribution in [0.4, 0.5) is 11.4 Å². The summed E-state index contributed by atoms with van der Waals surface area (Å²) in [5.41, 5.74) is 3.58. The lowest BCUT2D eigenvalue weighted by Gasteiger charge is -2.48. The van der Waals surface area contributed by atoms with Crippen LogP contribution in [-0.4, -0.2) is 66.2 Å². The van der Waals surface area contributed by atoms with Gasteiger partial charge in [0.15, 0.2) is 0 Å². The van der Waals surface area contributed by atoms with Crippen LogP contribution in [0.15, 0.2) is 48.5 Å². The summed E-state index contributed by atoms with van der Waals surface area (Å²) in [5.74, 6) is -0.907. The first-order valence-electron chi connectivity index (χ1n) is 13.9. The Morgan fingerprint density at radius 1 is 0.947 bits per heavy atom. The van der Waals surface area contributed by atoms with Crippen LogP contribution < -0.4 is 9.80 Å². The molecule has 1 N–H and O–H groups in total. The van der Waals surface area contributed by atoms with Crippen LogP contribution >= 0.6 is 0 Å². The Labute approximate surface area is 223 Å². The van der Waals surface area contributed by atoms with Crippen molar-refractivity contribution in [2.75, 3.05) is 36.1 Å². The van der Waals surface area contributed by atoms with Crippen molar-refractivity contribution < 1.29 is 24.2 Å². The number of anilines is 2. The van der Waals surface area contributed by atoms with Gasteiger partial charge in [-0.25, -0.2) is 0 Å². The molecule has 8 nitrogen and oxygen atoms in total. The lowest BCUT2D eigenvalue weighted by Crippen LogP contribution is -2.53. The first kappa shape index (κ1) is 24.9. The van der Waals surface area contributed by atoms with E-state index in [0.717, 1.165) is 62.1 Å². The first-order chi connectivity index (χ1) is 18.5. The second-order valence-corrected chi connectivity index (χ2v) is 10.9. The largest absolute Gasteiger partial charge is 0.481 e. The summed E-state index contributed by atoms with van der Waals surface area (Å²) >= 11 is 0. The maximum atomic E-state index is 14.2. The molecule has 4 aliphatic rings. The molecule has 8 heteroatoms. The minimum Gasteiger partial charge on any atom is -0.481 e. The van der Waals surface area contributed by atoms with Crippen LogP contribution in [0.2, 0.25) is 0 Å². The van der Waals surface area contributed by atoms with E-state index in [0.29, 0.717) is 18.8 Å². The highest BCUT2D eigenvalue weighted by atomic mass is 16.5. The van der Waals surface area contributed by atoms with E-state index in [1.54, 1.807) is 0 Å². The molecule has 2 aromatic rings. The molecule has 200 valence electrons. The fourth-order valence-electron chi connectivity index (χ4n) is 6.72. The molecule has 3 atom stereocenters. The van der Waals surface area contributed by atoms with Gasteiger partial charge in [0, 0.05) is 54.5 Å². The molecule has 2 aromatic carbocycles. The Bertz CT molecular complexity index is 1220. The van der Waals surface area contributed by atoms with Crippen molar-refractivity contribution in [3.8, 4) is 0 Å². The van der Waals surface area contributed by atoms with Crippen LogP contribution in [0.3, 0.4) is 0 Å². The number of benzene rings is 2. The molecule has 6 rings (SSSR count). The molecule has 38 heavy (non-hydrogen) atoms. The molecular formula is C30H35N3O5. The quantitative estimate of drug-likeness (QED) is 0.591. The molecule has 0 spiro atoms. The molecule has 0 unspecified atom stereocenters. The summed E-state index contributed by atoms with van der Waals surface area (Å²) in [6, 6.07) is 15.9. The monoisotopic (exact) mass is 517 g/mol. The lowest BCUT2D eigenvalue weighted by atomic mass is 9.81. The van der Waals surface area contributed by atoms with Gasteiger partial charge in [-0.15, -0.1) is 0 Å². The number of nitrogens with zero attached hydrogens (tertiary/aromatic N) is 3. The third-order valence-corrected chi connectivity index (χ3v) is 8.55. The predicted molar refractivity (Wildman–Crippen MR) is 143 cm³/mol. The number of morpholine rings is 1. The molecule has 2 aliphatic carbocycles. The number of ether oxygens (including phenoxy) is 1. The Kier molecular flexibility index (Phi) is 6.82. The molecule has 2 amide bonds. The Hall–Kier alpha value is -3.39. The number of carboxylic acid groups (broad SMARTS) is 1. The van der Waals surface area contributed by atoms with E-state index < -0.39 is 5.97 Å². The predicted octanol–water partition coefficient (Wildman–Crippen LogP) is 4.25. The van der Waals surface area contributed by atoms with Crippen LogP contribution in [0.5, 0.6) is 0 Å². The van der Waals surface area contributed by atoms with Gasteiger partial charge < -0.3 is 24.5 Å². The molecule has 0 bridgehead atoms. The third-order valence-electron chi connectivity index (χ3n) is 8.55. The average Bonchev–Trinajstić information content (AvgIpc) is 3.67. The summed E-state index contributed by atoms with van der Waals surface area (Å²) in [6.07, 6.45) is 4.59. The van der Waals surface area contributed by atoms with E-state index in [1.165, 1.54) is 0 Å². The molecule has 3 fully saturated rings. The zero-order valence-electron chi connectivity index (χ0n) is 21.6. The summed E-state index contributed by atoms with van der Waals surface area (Å²) in [5, 5.41) is 9.20. The van der Waals surface area contributed by atoms with E-state index in [-0.39, 0.29) is 48.7 Å². The molecule has 2 aliphatic heterocycles. The normalized spacial score (nSPS) is 24.5. The highest BCUT2D eigenvalue weighted by Gasteiger charge is 2.51. The molecule has 0 radical (unpaired) electrons. The van der Waals surface area contributed by atoms with E-state index in [4.69, 9.17) is 4.74 Å². The zero-order chi connectivity index (χ0) is 26.2. The van der Waals surface area contributed by atoms with Crippen molar-refractivity contribution in [1.82, 2.24) is 4.90 Å². The van der Waals surface area contributed by atoms with Gasteiger partial charge in [0.1, 0.15) is 0 Å². The van der Waals surface area contributed by atoms with Crippen molar-refractivity contribution >= 4 is 29.2 Å². The van der Waals surface area contributed by atoms with Gasteiger partial charge in [-0.1, -0.05) is 30.7 Å². The van der Waals surface area contributed by atoms with E-state index in [2.05, 4.69) is 17.0 Å². The van der Waals surface area contributed by atoms with Crippen molar-refractivity contribution in [3.05, 3.63) is 59.7 Å². The SMILES string of the molecule is O=C(O)CCC(=O)N(C1CC1)[C@H]1c2ccccc2N(C(=O)c2cccc(N3CCOCC3)c2)[C@@H]2CCC[C@@H]21. The number of rotatable bonds is 7. The maximum absolute atomic E-state index is 14.2. The molecule has 0 aromatic heterocycles. The summed E-state index contributed by atoms with van der Waals surface area (Å²) < 4.78 is 5.50. The molecule has 2 saturated carbocycles. The van der Waals surface area contributed by atoms with Gasteiger partial charge in [0.05, 0.1) is 25.7 Å². The topological polar surface area (TPSA) is 90.4 Å². The summed E-state index contributed by atoms with van der Waals surface area (Å²) in [4.78, 5) is 45.1. The Balaban J connectivity index is 1.36. The second kappa shape index (κ2) is 10.4. The molecular weight excluding hydrogens is 482 g/mol. The molecule has 1 saturated heterocycles. The summed E-state index contributed by atoms with van der Waals surface area (Å²) in [7, 11) is 0.